The number of halogens is 1. The fourth-order valence-corrected chi connectivity index (χ4v) is 2.15. The number of nitrogens with zero attached hydrogens (tertiary/aromatic N) is 3. The highest BCUT2D eigenvalue weighted by Gasteiger charge is 2.02. The molecule has 3 N–H and O–H groups in total. The van der Waals surface area contributed by atoms with Crippen molar-refractivity contribution in [3.63, 3.8) is 0 Å². The van der Waals surface area contributed by atoms with Crippen molar-refractivity contribution < 1.29 is 0 Å². The maximum absolute atomic E-state index is 5.83. The summed E-state index contributed by atoms with van der Waals surface area (Å²) in [6.07, 6.45) is 4.54. The first-order valence-electron chi connectivity index (χ1n) is 5.80. The highest BCUT2D eigenvalue weighted by molar-refractivity contribution is 9.10. The molecule has 0 radical (unpaired) electrons. The third kappa shape index (κ3) is 3.22. The van der Waals surface area contributed by atoms with E-state index in [1.807, 2.05) is 23.9 Å². The number of rotatable bonds is 5. The Morgan fingerprint density at radius 1 is 1.44 bits per heavy atom. The maximum atomic E-state index is 5.83. The van der Waals surface area contributed by atoms with Gasteiger partial charge in [-0.3, -0.25) is 4.68 Å². The molecule has 0 spiro atoms. The number of hydrogen-bond acceptors (Lipinski definition) is 4. The molecular formula is C12H16BrN5. The van der Waals surface area contributed by atoms with Gasteiger partial charge in [-0.1, -0.05) is 5.21 Å². The highest BCUT2D eigenvalue weighted by Crippen LogP contribution is 2.27. The van der Waals surface area contributed by atoms with E-state index in [-0.39, 0.29) is 0 Å². The molecule has 96 valence electrons. The van der Waals surface area contributed by atoms with Crippen LogP contribution in [-0.2, 0) is 6.54 Å². The number of nitrogens with one attached hydrogen (secondary N) is 1. The first-order chi connectivity index (χ1) is 8.66. The van der Waals surface area contributed by atoms with Gasteiger partial charge in [-0.05, 0) is 47.0 Å². The average Bonchev–Trinajstić information content (AvgIpc) is 2.84. The van der Waals surface area contributed by atoms with Crippen molar-refractivity contribution in [2.75, 3.05) is 17.6 Å². The van der Waals surface area contributed by atoms with E-state index < -0.39 is 0 Å². The number of anilines is 2. The van der Waals surface area contributed by atoms with E-state index in [4.69, 9.17) is 5.73 Å². The van der Waals surface area contributed by atoms with E-state index in [1.165, 1.54) is 0 Å². The Kier molecular flexibility index (Phi) is 4.19. The second kappa shape index (κ2) is 5.86. The Morgan fingerprint density at radius 2 is 2.28 bits per heavy atom. The van der Waals surface area contributed by atoms with Crippen LogP contribution in [0.15, 0.2) is 29.0 Å². The first-order valence-corrected chi connectivity index (χ1v) is 6.59. The van der Waals surface area contributed by atoms with Crippen LogP contribution in [0.5, 0.6) is 0 Å². The molecule has 2 aromatic rings. The molecule has 1 aromatic carbocycles. The summed E-state index contributed by atoms with van der Waals surface area (Å²) >= 11 is 3.50. The lowest BCUT2D eigenvalue weighted by atomic mass is 10.2. The molecule has 1 aromatic heterocycles. The number of benzene rings is 1. The predicted octanol–water partition coefficient (Wildman–Crippen LogP) is 2.43. The Hall–Kier alpha value is -1.56. The second-order valence-electron chi connectivity index (χ2n) is 4.14. The van der Waals surface area contributed by atoms with Gasteiger partial charge in [0.1, 0.15) is 0 Å². The van der Waals surface area contributed by atoms with Gasteiger partial charge in [-0.15, -0.1) is 5.10 Å². The molecule has 0 atom stereocenters. The van der Waals surface area contributed by atoms with Crippen molar-refractivity contribution in [1.29, 1.82) is 0 Å². The van der Waals surface area contributed by atoms with Crippen LogP contribution in [-0.4, -0.2) is 21.5 Å². The normalized spacial score (nSPS) is 10.6. The van der Waals surface area contributed by atoms with Crippen LogP contribution in [0.3, 0.4) is 0 Å². The highest BCUT2D eigenvalue weighted by atomic mass is 79.9. The van der Waals surface area contributed by atoms with Gasteiger partial charge in [0.25, 0.3) is 0 Å². The summed E-state index contributed by atoms with van der Waals surface area (Å²) in [6.45, 7) is 3.74. The number of hydrogen-bond donors (Lipinski definition) is 2. The number of nitrogens with two attached hydrogens (primary N) is 1. The molecule has 1 heterocycles. The van der Waals surface area contributed by atoms with Gasteiger partial charge in [0, 0.05) is 35.1 Å². The summed E-state index contributed by atoms with van der Waals surface area (Å²) in [7, 11) is 0. The monoisotopic (exact) mass is 309 g/mol. The second-order valence-corrected chi connectivity index (χ2v) is 4.99. The van der Waals surface area contributed by atoms with E-state index in [9.17, 15) is 0 Å². The van der Waals surface area contributed by atoms with E-state index in [0.717, 1.165) is 40.9 Å². The zero-order valence-electron chi connectivity index (χ0n) is 10.2. The van der Waals surface area contributed by atoms with Crippen molar-refractivity contribution in [1.82, 2.24) is 15.0 Å². The largest absolute Gasteiger partial charge is 0.398 e. The van der Waals surface area contributed by atoms with Crippen LogP contribution in [0.1, 0.15) is 12.0 Å². The summed E-state index contributed by atoms with van der Waals surface area (Å²) in [6, 6.07) is 3.98. The van der Waals surface area contributed by atoms with Gasteiger partial charge in [0.15, 0.2) is 0 Å². The molecule has 6 heteroatoms. The van der Waals surface area contributed by atoms with Crippen LogP contribution in [0, 0.1) is 6.92 Å². The zero-order chi connectivity index (χ0) is 13.0. The minimum absolute atomic E-state index is 0.801. The predicted molar refractivity (Wildman–Crippen MR) is 76.4 cm³/mol. The van der Waals surface area contributed by atoms with Crippen LogP contribution < -0.4 is 11.1 Å². The Morgan fingerprint density at radius 3 is 3.00 bits per heavy atom. The number of nitrogen functional groups attached to an aromatic ring is 1. The van der Waals surface area contributed by atoms with Gasteiger partial charge < -0.3 is 11.1 Å². The SMILES string of the molecule is Cc1cc(NCCCn2ccnn2)c(Br)cc1N. The summed E-state index contributed by atoms with van der Waals surface area (Å²) in [5.74, 6) is 0. The zero-order valence-corrected chi connectivity index (χ0v) is 11.8. The van der Waals surface area contributed by atoms with Crippen molar-refractivity contribution in [2.45, 2.75) is 19.9 Å². The Bertz CT molecular complexity index is 509. The summed E-state index contributed by atoms with van der Waals surface area (Å²) in [4.78, 5) is 0. The lowest BCUT2D eigenvalue weighted by Gasteiger charge is -2.11. The fraction of sp³-hybridized carbons (Fsp3) is 0.333. The van der Waals surface area contributed by atoms with E-state index in [2.05, 4.69) is 37.6 Å². The topological polar surface area (TPSA) is 68.8 Å². The number of aromatic nitrogens is 3. The van der Waals surface area contributed by atoms with E-state index in [1.54, 1.807) is 6.20 Å². The van der Waals surface area contributed by atoms with Crippen molar-refractivity contribution in [2.24, 2.45) is 0 Å². The van der Waals surface area contributed by atoms with Crippen LogP contribution in [0.4, 0.5) is 11.4 Å². The molecule has 0 unspecified atom stereocenters. The van der Waals surface area contributed by atoms with Crippen molar-refractivity contribution in [3.8, 4) is 0 Å². The molecule has 0 aliphatic rings. The van der Waals surface area contributed by atoms with Gasteiger partial charge >= 0.3 is 0 Å². The maximum Gasteiger partial charge on any atom is 0.0692 e. The van der Waals surface area contributed by atoms with Gasteiger partial charge in [-0.2, -0.15) is 0 Å². The first kappa shape index (κ1) is 12.9. The van der Waals surface area contributed by atoms with Gasteiger partial charge in [0.05, 0.1) is 6.20 Å². The number of aryl methyl sites for hydroxylation is 2. The molecule has 0 saturated heterocycles. The Balaban J connectivity index is 1.85. The van der Waals surface area contributed by atoms with Crippen LogP contribution >= 0.6 is 15.9 Å². The van der Waals surface area contributed by atoms with E-state index in [0.29, 0.717) is 0 Å². The minimum Gasteiger partial charge on any atom is -0.398 e. The third-order valence-corrected chi connectivity index (χ3v) is 3.36. The van der Waals surface area contributed by atoms with Gasteiger partial charge in [0.2, 0.25) is 0 Å². The fourth-order valence-electron chi connectivity index (χ4n) is 1.65. The molecule has 0 amide bonds. The molecule has 0 aliphatic carbocycles. The standard InChI is InChI=1S/C12H16BrN5/c1-9-7-12(10(13)8-11(9)14)15-3-2-5-18-6-4-16-17-18/h4,6-8,15H,2-3,5,14H2,1H3. The Labute approximate surface area is 115 Å². The lowest BCUT2D eigenvalue weighted by molar-refractivity contribution is 0.570. The van der Waals surface area contributed by atoms with Crippen molar-refractivity contribution in [3.05, 3.63) is 34.6 Å². The van der Waals surface area contributed by atoms with Crippen LogP contribution in [0.2, 0.25) is 0 Å². The molecule has 0 saturated carbocycles. The molecule has 2 rings (SSSR count). The summed E-state index contributed by atoms with van der Waals surface area (Å²) < 4.78 is 2.82. The van der Waals surface area contributed by atoms with Gasteiger partial charge in [-0.25, -0.2) is 0 Å². The molecule has 0 aliphatic heterocycles. The molecule has 18 heavy (non-hydrogen) atoms. The molecule has 5 nitrogen and oxygen atoms in total. The average molecular weight is 310 g/mol. The van der Waals surface area contributed by atoms with Crippen molar-refractivity contribution >= 4 is 27.3 Å². The smallest absolute Gasteiger partial charge is 0.0692 e. The third-order valence-electron chi connectivity index (χ3n) is 2.71. The summed E-state index contributed by atoms with van der Waals surface area (Å²) in [5.41, 5.74) is 8.78. The quantitative estimate of drug-likeness (QED) is 0.657. The van der Waals surface area contributed by atoms with Crippen LogP contribution in [0.25, 0.3) is 0 Å². The molecule has 0 fully saturated rings. The minimum atomic E-state index is 0.801. The lowest BCUT2D eigenvalue weighted by Crippen LogP contribution is -2.08. The van der Waals surface area contributed by atoms with E-state index >= 15 is 0 Å². The summed E-state index contributed by atoms with van der Waals surface area (Å²) in [5, 5.41) is 11.1. The molecule has 0 bridgehead atoms. The molecular weight excluding hydrogens is 294 g/mol.